The first-order chi connectivity index (χ1) is 24.6. The van der Waals surface area contributed by atoms with Crippen LogP contribution in [0.4, 0.5) is 0 Å². The van der Waals surface area contributed by atoms with Gasteiger partial charge < -0.3 is 9.13 Å². The maximum Gasteiger partial charge on any atom is 0.0991 e. The second kappa shape index (κ2) is 12.2. The minimum absolute atomic E-state index is 0.0268. The fourth-order valence-electron chi connectivity index (χ4n) is 9.13. The summed E-state index contributed by atoms with van der Waals surface area (Å²) in [5, 5.41) is 23.4. The second-order valence-corrected chi connectivity index (χ2v) is 14.2. The largest absolute Gasteiger partial charge is 0.338 e. The lowest BCUT2D eigenvalue weighted by molar-refractivity contribution is 0.279. The van der Waals surface area contributed by atoms with Crippen LogP contribution in [-0.4, -0.2) is 9.13 Å². The van der Waals surface area contributed by atoms with Crippen molar-refractivity contribution in [1.29, 1.82) is 10.5 Å². The summed E-state index contributed by atoms with van der Waals surface area (Å²) in [4.78, 5) is 0. The second-order valence-electron chi connectivity index (χ2n) is 14.2. The molecule has 0 saturated heterocycles. The summed E-state index contributed by atoms with van der Waals surface area (Å²) >= 11 is 0. The fourth-order valence-corrected chi connectivity index (χ4v) is 9.13. The molecule has 4 aromatic carbocycles. The molecule has 0 spiro atoms. The number of rotatable bonds is 4. The third kappa shape index (κ3) is 4.79. The third-order valence-corrected chi connectivity index (χ3v) is 11.4. The first-order valence-electron chi connectivity index (χ1n) is 17.9. The molecule has 50 heavy (non-hydrogen) atoms. The molecule has 0 aliphatic heterocycles. The maximum atomic E-state index is 10.7. The summed E-state index contributed by atoms with van der Waals surface area (Å²) in [5.41, 5.74) is 12.8. The summed E-state index contributed by atoms with van der Waals surface area (Å²) in [7, 11) is 0. The van der Waals surface area contributed by atoms with Gasteiger partial charge in [-0.2, -0.15) is 10.5 Å². The highest BCUT2D eigenvalue weighted by Gasteiger charge is 2.36. The Bertz CT molecular complexity index is 2490. The highest BCUT2D eigenvalue weighted by atomic mass is 15.0. The van der Waals surface area contributed by atoms with E-state index in [9.17, 15) is 10.5 Å². The molecule has 1 saturated carbocycles. The topological polar surface area (TPSA) is 57.4 Å². The Morgan fingerprint density at radius 3 is 2.36 bits per heavy atom. The lowest BCUT2D eigenvalue weighted by atomic mass is 9.72. The summed E-state index contributed by atoms with van der Waals surface area (Å²) in [6.07, 6.45) is 17.9. The number of aromatic nitrogens is 2. The van der Waals surface area contributed by atoms with E-state index in [2.05, 4.69) is 150 Å². The lowest BCUT2D eigenvalue weighted by Gasteiger charge is -2.36. The van der Waals surface area contributed by atoms with Crippen LogP contribution in [0.5, 0.6) is 0 Å². The van der Waals surface area contributed by atoms with E-state index in [1.807, 2.05) is 6.07 Å². The van der Waals surface area contributed by atoms with Crippen molar-refractivity contribution in [2.75, 3.05) is 0 Å². The summed E-state index contributed by atoms with van der Waals surface area (Å²) < 4.78 is 4.99. The first kappa shape index (κ1) is 30.2. The Morgan fingerprint density at radius 1 is 0.740 bits per heavy atom. The van der Waals surface area contributed by atoms with E-state index < -0.39 is 0 Å². The number of fused-ring (bicyclic) bond motifs is 6. The van der Waals surface area contributed by atoms with E-state index >= 15 is 0 Å². The van der Waals surface area contributed by atoms with Crippen molar-refractivity contribution < 1.29 is 0 Å². The van der Waals surface area contributed by atoms with Gasteiger partial charge in [0.05, 0.1) is 40.5 Å². The Morgan fingerprint density at radius 2 is 1.52 bits per heavy atom. The zero-order valence-corrected chi connectivity index (χ0v) is 28.3. The number of para-hydroxylation sites is 3. The van der Waals surface area contributed by atoms with Crippen LogP contribution in [0.2, 0.25) is 0 Å². The zero-order valence-electron chi connectivity index (χ0n) is 28.3. The maximum absolute atomic E-state index is 10.7. The predicted molar refractivity (Wildman–Crippen MR) is 204 cm³/mol. The third-order valence-electron chi connectivity index (χ3n) is 11.4. The van der Waals surface area contributed by atoms with Gasteiger partial charge in [-0.1, -0.05) is 91.9 Å². The lowest BCUT2D eigenvalue weighted by Crippen LogP contribution is -2.26. The minimum Gasteiger partial charge on any atom is -0.338 e. The highest BCUT2D eigenvalue weighted by Crippen LogP contribution is 2.49. The van der Waals surface area contributed by atoms with Crippen LogP contribution in [-0.2, 0) is 12.8 Å². The molecule has 2 heterocycles. The van der Waals surface area contributed by atoms with Gasteiger partial charge in [-0.3, -0.25) is 0 Å². The number of hydrogen-bond donors (Lipinski definition) is 0. The smallest absolute Gasteiger partial charge is 0.0991 e. The molecule has 0 bridgehead atoms. The van der Waals surface area contributed by atoms with Crippen molar-refractivity contribution in [2.45, 2.75) is 51.0 Å². The van der Waals surface area contributed by atoms with Gasteiger partial charge in [0.2, 0.25) is 0 Å². The number of hydrogen-bond acceptors (Lipinski definition) is 2. The normalized spacial score (nSPS) is 21.0. The van der Waals surface area contributed by atoms with E-state index in [0.29, 0.717) is 11.5 Å². The van der Waals surface area contributed by atoms with Crippen molar-refractivity contribution in [2.24, 2.45) is 11.8 Å². The average molecular weight is 647 g/mol. The molecule has 2 aromatic heterocycles. The Hall–Kier alpha value is -5.84. The summed E-state index contributed by atoms with van der Waals surface area (Å²) in [6, 6.07) is 37.7. The van der Waals surface area contributed by atoms with Crippen molar-refractivity contribution in [3.63, 3.8) is 0 Å². The van der Waals surface area contributed by atoms with Crippen molar-refractivity contribution in [3.05, 3.63) is 149 Å². The molecule has 3 aliphatic rings. The van der Waals surface area contributed by atoms with Crippen LogP contribution in [0.1, 0.15) is 71.8 Å². The fraction of sp³-hybridized carbons (Fsp3) is 0.217. The van der Waals surface area contributed by atoms with Crippen molar-refractivity contribution >= 4 is 34.0 Å². The molecule has 6 aromatic rings. The van der Waals surface area contributed by atoms with Gasteiger partial charge in [0.25, 0.3) is 0 Å². The molecule has 3 aliphatic carbocycles. The van der Waals surface area contributed by atoms with Gasteiger partial charge in [0.1, 0.15) is 0 Å². The van der Waals surface area contributed by atoms with Crippen LogP contribution in [0.25, 0.3) is 50.8 Å². The van der Waals surface area contributed by atoms with Crippen LogP contribution in [0.15, 0.2) is 115 Å². The summed E-state index contributed by atoms with van der Waals surface area (Å²) in [5.74, 6) is 0.345. The van der Waals surface area contributed by atoms with E-state index in [4.69, 9.17) is 0 Å². The predicted octanol–water partition coefficient (Wildman–Crippen LogP) is 11.1. The number of nitriles is 2. The molecule has 9 rings (SSSR count). The zero-order chi connectivity index (χ0) is 33.8. The van der Waals surface area contributed by atoms with Crippen molar-refractivity contribution in [3.8, 4) is 29.0 Å². The summed E-state index contributed by atoms with van der Waals surface area (Å²) in [6.45, 7) is 2.29. The van der Waals surface area contributed by atoms with Crippen molar-refractivity contribution in [1.82, 2.24) is 9.13 Å². The molecule has 4 heteroatoms. The molecule has 4 nitrogen and oxygen atoms in total. The van der Waals surface area contributed by atoms with Gasteiger partial charge in [-0.05, 0) is 103 Å². The molecular formula is C46H38N4. The molecule has 4 atom stereocenters. The molecule has 1 fully saturated rings. The van der Waals surface area contributed by atoms with Gasteiger partial charge in [-0.25, -0.2) is 0 Å². The SMILES string of the molecule is CC1C=Cc2c(c3ccccc3n2C2CCC(C#N)[C@H](c3cc(C#N)ccc3-c3ccccc3-n3c4c(c5ccccc53)CC=CC=C4)C2)C1. The van der Waals surface area contributed by atoms with E-state index in [-0.39, 0.29) is 17.9 Å². The Labute approximate surface area is 293 Å². The van der Waals surface area contributed by atoms with E-state index in [1.54, 1.807) is 0 Å². The molecule has 242 valence electrons. The van der Waals surface area contributed by atoms with Gasteiger partial charge in [0.15, 0.2) is 0 Å². The number of nitrogens with zero attached hydrogens (tertiary/aromatic N) is 4. The van der Waals surface area contributed by atoms with Gasteiger partial charge >= 0.3 is 0 Å². The minimum atomic E-state index is -0.142. The van der Waals surface area contributed by atoms with Gasteiger partial charge in [0, 0.05) is 39.5 Å². The van der Waals surface area contributed by atoms with Gasteiger partial charge in [-0.15, -0.1) is 0 Å². The molecule has 0 N–H and O–H groups in total. The van der Waals surface area contributed by atoms with Crippen LogP contribution >= 0.6 is 0 Å². The molecule has 0 radical (unpaired) electrons. The standard InChI is InChI=1S/C46H38N4/c1-30-19-24-46-41(25-30)38-14-7-8-16-42(38)49(46)33-22-21-32(29-48)39(27-33)40-26-31(28-47)20-23-34(40)35-12-5-9-17-43(35)50-44-15-4-2-3-11-36(44)37-13-6-10-18-45(37)50/h2-10,12-20,23-24,26,30,32-33,39H,11,21-22,25,27H2,1H3/t30?,32?,33?,39-/m1/s1. The molecular weight excluding hydrogens is 609 g/mol. The highest BCUT2D eigenvalue weighted by molar-refractivity contribution is 5.93. The van der Waals surface area contributed by atoms with E-state index in [1.165, 1.54) is 44.3 Å². The average Bonchev–Trinajstić information content (AvgIpc) is 3.53. The van der Waals surface area contributed by atoms with Crippen LogP contribution in [0, 0.1) is 34.5 Å². The molecule has 3 unspecified atom stereocenters. The number of benzene rings is 4. The van der Waals surface area contributed by atoms with Crippen LogP contribution < -0.4 is 0 Å². The van der Waals surface area contributed by atoms with E-state index in [0.717, 1.165) is 54.5 Å². The van der Waals surface area contributed by atoms with Crippen LogP contribution in [0.3, 0.4) is 0 Å². The quantitative estimate of drug-likeness (QED) is 0.191. The number of allylic oxidation sites excluding steroid dienone is 4. The Balaban J connectivity index is 1.22. The monoisotopic (exact) mass is 646 g/mol. The molecule has 0 amide bonds. The Kier molecular flexibility index (Phi) is 7.40. The first-order valence-corrected chi connectivity index (χ1v) is 17.9.